The molecule has 2 unspecified atom stereocenters. The Morgan fingerprint density at radius 1 is 1.25 bits per heavy atom. The van der Waals surface area contributed by atoms with Crippen molar-refractivity contribution in [3.63, 3.8) is 0 Å². The molecule has 0 aliphatic carbocycles. The Balaban J connectivity index is 1.79. The molecule has 0 saturated carbocycles. The van der Waals surface area contributed by atoms with Crippen LogP contribution in [0.1, 0.15) is 13.8 Å². The van der Waals surface area contributed by atoms with Crippen LogP contribution in [0.4, 0.5) is 0 Å². The fraction of sp³-hybridized carbons (Fsp3) is 0.909. The zero-order chi connectivity index (χ0) is 11.7. The Bertz CT molecular complexity index is 256. The summed E-state index contributed by atoms with van der Waals surface area (Å²) in [6, 6.07) is 0. The van der Waals surface area contributed by atoms with Crippen molar-refractivity contribution in [3.05, 3.63) is 0 Å². The first-order chi connectivity index (χ1) is 7.54. The monoisotopic (exact) mass is 228 g/mol. The van der Waals surface area contributed by atoms with Gasteiger partial charge >= 0.3 is 0 Å². The normalized spacial score (nSPS) is 32.6. The van der Waals surface area contributed by atoms with Crippen LogP contribution < -0.4 is 0 Å². The highest BCUT2D eigenvalue weighted by atomic mass is 16.5. The predicted molar refractivity (Wildman–Crippen MR) is 59.0 cm³/mol. The lowest BCUT2D eigenvalue weighted by atomic mass is 10.1. The maximum absolute atomic E-state index is 11.9. The number of hydrogen-bond acceptors (Lipinski definition) is 4. The molecule has 5 nitrogen and oxygen atoms in total. The van der Waals surface area contributed by atoms with Gasteiger partial charge in [-0.25, -0.2) is 0 Å². The summed E-state index contributed by atoms with van der Waals surface area (Å²) in [5.74, 6) is 0.147. The van der Waals surface area contributed by atoms with Crippen LogP contribution in [0.25, 0.3) is 0 Å². The molecule has 1 amide bonds. The van der Waals surface area contributed by atoms with Gasteiger partial charge in [-0.3, -0.25) is 9.69 Å². The molecule has 1 N–H and O–H groups in total. The molecular formula is C11H20N2O3. The molecule has 0 aromatic heterocycles. The van der Waals surface area contributed by atoms with Crippen LogP contribution in [0.2, 0.25) is 0 Å². The molecule has 5 heteroatoms. The number of carbonyl (C=O) groups excluding carboxylic acids is 1. The smallest absolute Gasteiger partial charge is 0.236 e. The van der Waals surface area contributed by atoms with Gasteiger partial charge in [-0.2, -0.15) is 0 Å². The third kappa shape index (κ3) is 2.72. The molecule has 2 aliphatic rings. The SMILES string of the molecule is CC1CN(C(=O)CN2CC(O)C2)CC(C)O1. The van der Waals surface area contributed by atoms with Crippen LogP contribution in [0, 0.1) is 0 Å². The largest absolute Gasteiger partial charge is 0.390 e. The second-order valence-corrected chi connectivity index (χ2v) is 4.90. The molecule has 2 heterocycles. The molecule has 16 heavy (non-hydrogen) atoms. The van der Waals surface area contributed by atoms with Crippen LogP contribution in [-0.4, -0.2) is 71.8 Å². The zero-order valence-corrected chi connectivity index (χ0v) is 9.93. The number of nitrogens with zero attached hydrogens (tertiary/aromatic N) is 2. The van der Waals surface area contributed by atoms with Gasteiger partial charge in [0.2, 0.25) is 5.91 Å². The number of morpholine rings is 1. The third-order valence-corrected chi connectivity index (χ3v) is 3.07. The Labute approximate surface area is 96.0 Å². The van der Waals surface area contributed by atoms with Crippen molar-refractivity contribution in [1.82, 2.24) is 9.80 Å². The summed E-state index contributed by atoms with van der Waals surface area (Å²) in [5.41, 5.74) is 0. The van der Waals surface area contributed by atoms with Gasteiger partial charge in [-0.1, -0.05) is 0 Å². The molecule has 0 aromatic rings. The number of aliphatic hydroxyl groups is 1. The third-order valence-electron chi connectivity index (χ3n) is 3.07. The minimum absolute atomic E-state index is 0.120. The average molecular weight is 228 g/mol. The number of amides is 1. The molecule has 2 fully saturated rings. The van der Waals surface area contributed by atoms with E-state index in [1.54, 1.807) is 0 Å². The van der Waals surface area contributed by atoms with Gasteiger partial charge in [-0.05, 0) is 13.8 Å². The summed E-state index contributed by atoms with van der Waals surface area (Å²) in [5, 5.41) is 9.14. The second-order valence-electron chi connectivity index (χ2n) is 4.90. The van der Waals surface area contributed by atoms with E-state index in [0.29, 0.717) is 32.7 Å². The number of β-amino-alcohol motifs (C(OH)–C–C–N with tert-alkyl or cyclic N) is 1. The number of rotatable bonds is 2. The van der Waals surface area contributed by atoms with Crippen molar-refractivity contribution < 1.29 is 14.6 Å². The molecule has 2 saturated heterocycles. The number of aliphatic hydroxyl groups excluding tert-OH is 1. The highest BCUT2D eigenvalue weighted by molar-refractivity contribution is 5.78. The molecule has 2 rings (SSSR count). The van der Waals surface area contributed by atoms with E-state index in [1.807, 2.05) is 23.6 Å². The fourth-order valence-corrected chi connectivity index (χ4v) is 2.34. The lowest BCUT2D eigenvalue weighted by molar-refractivity contribution is -0.146. The first kappa shape index (κ1) is 11.8. The lowest BCUT2D eigenvalue weighted by Crippen LogP contribution is -2.56. The number of likely N-dealkylation sites (tertiary alicyclic amines) is 1. The molecule has 0 radical (unpaired) electrons. The van der Waals surface area contributed by atoms with Crippen LogP contribution in [0.15, 0.2) is 0 Å². The standard InChI is InChI=1S/C11H20N2O3/c1-8-3-13(4-9(2)16-8)11(15)7-12-5-10(14)6-12/h8-10,14H,3-7H2,1-2H3. The van der Waals surface area contributed by atoms with Crippen molar-refractivity contribution >= 4 is 5.91 Å². The molecule has 0 aromatic carbocycles. The van der Waals surface area contributed by atoms with E-state index >= 15 is 0 Å². The fourth-order valence-electron chi connectivity index (χ4n) is 2.34. The van der Waals surface area contributed by atoms with Gasteiger partial charge < -0.3 is 14.7 Å². The Morgan fingerprint density at radius 2 is 1.81 bits per heavy atom. The Morgan fingerprint density at radius 3 is 2.31 bits per heavy atom. The summed E-state index contributed by atoms with van der Waals surface area (Å²) in [6.07, 6.45) is -0.000280. The lowest BCUT2D eigenvalue weighted by Gasteiger charge is -2.39. The predicted octanol–water partition coefficient (Wildman–Crippen LogP) is -0.701. The van der Waals surface area contributed by atoms with Crippen molar-refractivity contribution in [1.29, 1.82) is 0 Å². The van der Waals surface area contributed by atoms with Crippen molar-refractivity contribution in [2.75, 3.05) is 32.7 Å². The summed E-state index contributed by atoms with van der Waals surface area (Å²) >= 11 is 0. The average Bonchev–Trinajstić information content (AvgIpc) is 2.13. The summed E-state index contributed by atoms with van der Waals surface area (Å²) in [7, 11) is 0. The first-order valence-electron chi connectivity index (χ1n) is 5.88. The maximum atomic E-state index is 11.9. The molecule has 0 spiro atoms. The maximum Gasteiger partial charge on any atom is 0.236 e. The van der Waals surface area contributed by atoms with Gasteiger partial charge in [-0.15, -0.1) is 0 Å². The van der Waals surface area contributed by atoms with Crippen molar-refractivity contribution in [2.24, 2.45) is 0 Å². The molecular weight excluding hydrogens is 208 g/mol. The van der Waals surface area contributed by atoms with Crippen LogP contribution in [0.5, 0.6) is 0 Å². The second kappa shape index (κ2) is 4.69. The topological polar surface area (TPSA) is 53.0 Å². The molecule has 2 atom stereocenters. The number of carbonyl (C=O) groups is 1. The van der Waals surface area contributed by atoms with Gasteiger partial charge in [0.05, 0.1) is 24.9 Å². The van der Waals surface area contributed by atoms with E-state index in [2.05, 4.69) is 0 Å². The van der Waals surface area contributed by atoms with Crippen LogP contribution >= 0.6 is 0 Å². The van der Waals surface area contributed by atoms with Crippen molar-refractivity contribution in [2.45, 2.75) is 32.2 Å². The number of ether oxygens (including phenoxy) is 1. The minimum atomic E-state index is -0.240. The van der Waals surface area contributed by atoms with Gasteiger partial charge in [0.25, 0.3) is 0 Å². The Kier molecular flexibility index (Phi) is 3.47. The zero-order valence-electron chi connectivity index (χ0n) is 9.93. The van der Waals surface area contributed by atoms with Crippen LogP contribution in [-0.2, 0) is 9.53 Å². The summed E-state index contributed by atoms with van der Waals surface area (Å²) < 4.78 is 5.58. The van der Waals surface area contributed by atoms with Crippen LogP contribution in [0.3, 0.4) is 0 Å². The van der Waals surface area contributed by atoms with E-state index in [1.165, 1.54) is 0 Å². The van der Waals surface area contributed by atoms with Gasteiger partial charge in [0.15, 0.2) is 0 Å². The van der Waals surface area contributed by atoms with E-state index in [4.69, 9.17) is 9.84 Å². The van der Waals surface area contributed by atoms with E-state index in [-0.39, 0.29) is 24.2 Å². The number of hydrogen-bond donors (Lipinski definition) is 1. The summed E-state index contributed by atoms with van der Waals surface area (Å²) in [4.78, 5) is 15.8. The minimum Gasteiger partial charge on any atom is -0.390 e. The molecule has 0 bridgehead atoms. The first-order valence-corrected chi connectivity index (χ1v) is 5.88. The van der Waals surface area contributed by atoms with Gasteiger partial charge in [0, 0.05) is 26.2 Å². The molecule has 2 aliphatic heterocycles. The quantitative estimate of drug-likeness (QED) is 0.679. The summed E-state index contributed by atoms with van der Waals surface area (Å²) in [6.45, 7) is 7.02. The van der Waals surface area contributed by atoms with Crippen molar-refractivity contribution in [3.8, 4) is 0 Å². The Hall–Kier alpha value is -0.650. The highest BCUT2D eigenvalue weighted by Crippen LogP contribution is 2.13. The van der Waals surface area contributed by atoms with E-state index in [0.717, 1.165) is 0 Å². The highest BCUT2D eigenvalue weighted by Gasteiger charge is 2.30. The van der Waals surface area contributed by atoms with E-state index < -0.39 is 0 Å². The van der Waals surface area contributed by atoms with Gasteiger partial charge in [0.1, 0.15) is 0 Å². The molecule has 92 valence electrons. The van der Waals surface area contributed by atoms with E-state index in [9.17, 15) is 4.79 Å².